The fourth-order valence-corrected chi connectivity index (χ4v) is 3.48. The topological polar surface area (TPSA) is 71.1 Å². The van der Waals surface area contributed by atoms with Crippen molar-refractivity contribution >= 4 is 17.7 Å². The lowest BCUT2D eigenvalue weighted by molar-refractivity contribution is 0.00859. The minimum absolute atomic E-state index is 0.325. The van der Waals surface area contributed by atoms with Crippen LogP contribution in [-0.2, 0) is 10.3 Å². The first-order valence-corrected chi connectivity index (χ1v) is 9.19. The molecule has 0 saturated carbocycles. The zero-order chi connectivity index (χ0) is 19.1. The Balaban J connectivity index is 1.92. The van der Waals surface area contributed by atoms with Gasteiger partial charge in [0.2, 0.25) is 0 Å². The van der Waals surface area contributed by atoms with E-state index in [1.807, 2.05) is 52.8 Å². The number of aromatic nitrogens is 3. The predicted molar refractivity (Wildman–Crippen MR) is 101 cm³/mol. The maximum absolute atomic E-state index is 12.6. The Labute approximate surface area is 158 Å². The molecule has 1 N–H and O–H groups in total. The Morgan fingerprint density at radius 2 is 2.08 bits per heavy atom. The van der Waals surface area contributed by atoms with Gasteiger partial charge in [-0.15, -0.1) is 10.2 Å². The number of nitrogens with one attached hydrogen (secondary N) is 1. The molecule has 0 aliphatic carbocycles. The van der Waals surface area contributed by atoms with Crippen LogP contribution in [-0.4, -0.2) is 38.3 Å². The SMILES string of the molecule is Cc1c(Cl)cccc1-c1nnc(C2(C)CCCN2C(=O)OC(C)(C)C)[nH]1. The van der Waals surface area contributed by atoms with Crippen molar-refractivity contribution in [3.8, 4) is 11.4 Å². The zero-order valence-corrected chi connectivity index (χ0v) is 16.6. The van der Waals surface area contributed by atoms with Crippen LogP contribution in [0.3, 0.4) is 0 Å². The van der Waals surface area contributed by atoms with Gasteiger partial charge < -0.3 is 9.72 Å². The monoisotopic (exact) mass is 376 g/mol. The Morgan fingerprint density at radius 1 is 1.35 bits per heavy atom. The summed E-state index contributed by atoms with van der Waals surface area (Å²) in [6.07, 6.45) is 1.37. The summed E-state index contributed by atoms with van der Waals surface area (Å²) in [7, 11) is 0. The van der Waals surface area contributed by atoms with Crippen LogP contribution in [0.15, 0.2) is 18.2 Å². The maximum atomic E-state index is 12.6. The first-order chi connectivity index (χ1) is 12.1. The molecule has 2 aromatic rings. The molecule has 7 heteroatoms. The number of hydrogen-bond acceptors (Lipinski definition) is 4. The normalized spacial score (nSPS) is 20.5. The lowest BCUT2D eigenvalue weighted by atomic mass is 9.98. The molecule has 0 spiro atoms. The Hall–Kier alpha value is -2.08. The van der Waals surface area contributed by atoms with Gasteiger partial charge in [-0.05, 0) is 59.1 Å². The van der Waals surface area contributed by atoms with Gasteiger partial charge in [-0.3, -0.25) is 4.90 Å². The van der Waals surface area contributed by atoms with Gasteiger partial charge >= 0.3 is 6.09 Å². The van der Waals surface area contributed by atoms with Gasteiger partial charge in [0.25, 0.3) is 0 Å². The largest absolute Gasteiger partial charge is 0.444 e. The number of benzene rings is 1. The number of halogens is 1. The van der Waals surface area contributed by atoms with Crippen LogP contribution >= 0.6 is 11.6 Å². The first-order valence-electron chi connectivity index (χ1n) is 8.81. The molecule has 1 aliphatic rings. The average molecular weight is 377 g/mol. The summed E-state index contributed by atoms with van der Waals surface area (Å²) in [5, 5.41) is 9.33. The van der Waals surface area contributed by atoms with Gasteiger partial charge in [0.1, 0.15) is 11.1 Å². The molecule has 2 heterocycles. The number of nitrogens with zero attached hydrogens (tertiary/aromatic N) is 3. The highest BCUT2D eigenvalue weighted by Gasteiger charge is 2.45. The number of carbonyl (C=O) groups excluding carboxylic acids is 1. The van der Waals surface area contributed by atoms with E-state index in [2.05, 4.69) is 15.2 Å². The minimum atomic E-state index is -0.569. The summed E-state index contributed by atoms with van der Waals surface area (Å²) in [5.41, 5.74) is 0.740. The van der Waals surface area contributed by atoms with Crippen LogP contribution in [0.1, 0.15) is 51.9 Å². The van der Waals surface area contributed by atoms with E-state index in [1.165, 1.54) is 0 Å². The fourth-order valence-electron chi connectivity index (χ4n) is 3.31. The second-order valence-corrected chi connectivity index (χ2v) is 8.35. The summed E-state index contributed by atoms with van der Waals surface area (Å²) in [4.78, 5) is 17.7. The molecule has 1 amide bonds. The molecule has 1 aromatic carbocycles. The Morgan fingerprint density at radius 3 is 2.77 bits per heavy atom. The van der Waals surface area contributed by atoms with Crippen molar-refractivity contribution < 1.29 is 9.53 Å². The number of likely N-dealkylation sites (tertiary alicyclic amines) is 1. The Bertz CT molecular complexity index is 827. The molecular formula is C19H25ClN4O2. The second kappa shape index (κ2) is 6.58. The van der Waals surface area contributed by atoms with Gasteiger partial charge in [-0.2, -0.15) is 0 Å². The minimum Gasteiger partial charge on any atom is -0.444 e. The quantitative estimate of drug-likeness (QED) is 0.826. The van der Waals surface area contributed by atoms with Gasteiger partial charge in [0.05, 0.1) is 0 Å². The number of amides is 1. The summed E-state index contributed by atoms with van der Waals surface area (Å²) < 4.78 is 5.57. The highest BCUT2D eigenvalue weighted by molar-refractivity contribution is 6.31. The predicted octanol–water partition coefficient (Wildman–Crippen LogP) is 4.68. The smallest absolute Gasteiger partial charge is 0.411 e. The van der Waals surface area contributed by atoms with E-state index in [-0.39, 0.29) is 6.09 Å². The standard InChI is InChI=1S/C19H25ClN4O2/c1-12-13(8-6-9-14(12)20)15-21-16(23-22-15)19(5)10-7-11-24(19)17(25)26-18(2,3)4/h6,8-9H,7,10-11H2,1-5H3,(H,21,22,23). The molecule has 26 heavy (non-hydrogen) atoms. The average Bonchev–Trinajstić information content (AvgIpc) is 3.16. The van der Waals surface area contributed by atoms with Gasteiger partial charge in [0, 0.05) is 17.1 Å². The molecule has 1 saturated heterocycles. The molecule has 1 unspecified atom stereocenters. The van der Waals surface area contributed by atoms with Crippen molar-refractivity contribution in [3.63, 3.8) is 0 Å². The second-order valence-electron chi connectivity index (χ2n) is 7.94. The van der Waals surface area contributed by atoms with E-state index in [4.69, 9.17) is 16.3 Å². The molecule has 140 valence electrons. The molecule has 6 nitrogen and oxygen atoms in total. The van der Waals surface area contributed by atoms with E-state index in [0.29, 0.717) is 23.2 Å². The molecule has 1 aromatic heterocycles. The molecule has 1 atom stereocenters. The van der Waals surface area contributed by atoms with E-state index in [9.17, 15) is 4.79 Å². The van der Waals surface area contributed by atoms with Crippen molar-refractivity contribution in [1.29, 1.82) is 0 Å². The lowest BCUT2D eigenvalue weighted by Crippen LogP contribution is -2.46. The van der Waals surface area contributed by atoms with Crippen molar-refractivity contribution in [3.05, 3.63) is 34.6 Å². The molecule has 0 radical (unpaired) electrons. The van der Waals surface area contributed by atoms with E-state index < -0.39 is 11.1 Å². The number of H-pyrrole nitrogens is 1. The first kappa shape index (κ1) is 18.7. The molecule has 0 bridgehead atoms. The summed E-state index contributed by atoms with van der Waals surface area (Å²) in [5.74, 6) is 1.31. The van der Waals surface area contributed by atoms with Crippen molar-refractivity contribution in [1.82, 2.24) is 20.1 Å². The van der Waals surface area contributed by atoms with E-state index in [0.717, 1.165) is 24.0 Å². The summed E-state index contributed by atoms with van der Waals surface area (Å²) in [6.45, 7) is 10.2. The fraction of sp³-hybridized carbons (Fsp3) is 0.526. The van der Waals surface area contributed by atoms with Crippen LogP contribution < -0.4 is 0 Å². The van der Waals surface area contributed by atoms with Gasteiger partial charge in [-0.1, -0.05) is 23.7 Å². The van der Waals surface area contributed by atoms with Gasteiger partial charge in [0.15, 0.2) is 11.6 Å². The van der Waals surface area contributed by atoms with Crippen LogP contribution in [0, 0.1) is 6.92 Å². The van der Waals surface area contributed by atoms with Crippen LogP contribution in [0.2, 0.25) is 5.02 Å². The summed E-state index contributed by atoms with van der Waals surface area (Å²) in [6, 6.07) is 5.69. The van der Waals surface area contributed by atoms with Crippen LogP contribution in [0.4, 0.5) is 4.79 Å². The number of ether oxygens (including phenoxy) is 1. The van der Waals surface area contributed by atoms with Crippen LogP contribution in [0.25, 0.3) is 11.4 Å². The van der Waals surface area contributed by atoms with Crippen LogP contribution in [0.5, 0.6) is 0 Å². The van der Waals surface area contributed by atoms with Crippen molar-refractivity contribution in [2.75, 3.05) is 6.54 Å². The molecular weight excluding hydrogens is 352 g/mol. The van der Waals surface area contributed by atoms with E-state index >= 15 is 0 Å². The highest BCUT2D eigenvalue weighted by Crippen LogP contribution is 2.38. The van der Waals surface area contributed by atoms with Crippen molar-refractivity contribution in [2.24, 2.45) is 0 Å². The number of carbonyl (C=O) groups is 1. The number of rotatable bonds is 2. The number of hydrogen-bond donors (Lipinski definition) is 1. The maximum Gasteiger partial charge on any atom is 0.411 e. The van der Waals surface area contributed by atoms with E-state index in [1.54, 1.807) is 4.90 Å². The molecule has 3 rings (SSSR count). The molecule has 1 aliphatic heterocycles. The van der Waals surface area contributed by atoms with Gasteiger partial charge in [-0.25, -0.2) is 4.79 Å². The third kappa shape index (κ3) is 3.43. The third-order valence-electron chi connectivity index (χ3n) is 4.77. The Kier molecular flexibility index (Phi) is 4.73. The van der Waals surface area contributed by atoms with Crippen molar-refractivity contribution in [2.45, 2.75) is 58.6 Å². The highest BCUT2D eigenvalue weighted by atomic mass is 35.5. The lowest BCUT2D eigenvalue weighted by Gasteiger charge is -2.34. The molecule has 1 fully saturated rings. The number of aromatic amines is 1. The third-order valence-corrected chi connectivity index (χ3v) is 5.18. The zero-order valence-electron chi connectivity index (χ0n) is 15.9. The summed E-state index contributed by atoms with van der Waals surface area (Å²) >= 11 is 6.22.